The third-order valence-corrected chi connectivity index (χ3v) is 1.20. The van der Waals surface area contributed by atoms with Crippen molar-refractivity contribution in [2.75, 3.05) is 19.8 Å². The van der Waals surface area contributed by atoms with Crippen molar-refractivity contribution in [2.24, 2.45) is 0 Å². The van der Waals surface area contributed by atoms with Gasteiger partial charge in [0.25, 0.3) is 0 Å². The fourth-order valence-corrected chi connectivity index (χ4v) is 0.781. The standard InChI is InChI=1S/C7H10NO/c1-2-3-7-6-9-5-4-8-7/h7-8H,1,4-6H2. The van der Waals surface area contributed by atoms with Gasteiger partial charge in [0.1, 0.15) is 0 Å². The molecule has 1 rings (SSSR count). The molecule has 0 aromatic rings. The van der Waals surface area contributed by atoms with Crippen LogP contribution < -0.4 is 5.32 Å². The van der Waals surface area contributed by atoms with Gasteiger partial charge in [-0.15, -0.1) is 5.92 Å². The van der Waals surface area contributed by atoms with E-state index in [1.165, 1.54) is 0 Å². The zero-order valence-electron chi connectivity index (χ0n) is 5.31. The molecule has 1 atom stereocenters. The van der Waals surface area contributed by atoms with E-state index in [0.29, 0.717) is 6.61 Å². The van der Waals surface area contributed by atoms with Crippen LogP contribution in [-0.2, 0) is 4.74 Å². The number of nitrogens with one attached hydrogen (secondary N) is 1. The van der Waals surface area contributed by atoms with Crippen LogP contribution in [0, 0.1) is 18.8 Å². The predicted molar refractivity (Wildman–Crippen MR) is 35.7 cm³/mol. The Hall–Kier alpha value is -0.520. The van der Waals surface area contributed by atoms with Gasteiger partial charge in [-0.2, -0.15) is 0 Å². The van der Waals surface area contributed by atoms with Crippen LogP contribution in [0.15, 0.2) is 0 Å². The van der Waals surface area contributed by atoms with Crippen molar-refractivity contribution in [3.8, 4) is 11.8 Å². The average Bonchev–Trinajstić information content (AvgIpc) is 1.91. The molecule has 1 aliphatic heterocycles. The van der Waals surface area contributed by atoms with Gasteiger partial charge in [-0.1, -0.05) is 5.92 Å². The lowest BCUT2D eigenvalue weighted by Crippen LogP contribution is -2.40. The normalized spacial score (nSPS) is 26.6. The van der Waals surface area contributed by atoms with Crippen molar-refractivity contribution in [1.82, 2.24) is 5.32 Å². The Morgan fingerprint density at radius 1 is 1.67 bits per heavy atom. The molecule has 0 saturated carbocycles. The lowest BCUT2D eigenvalue weighted by atomic mass is 10.3. The van der Waals surface area contributed by atoms with Gasteiger partial charge in [0, 0.05) is 13.5 Å². The second-order valence-corrected chi connectivity index (χ2v) is 1.90. The van der Waals surface area contributed by atoms with Gasteiger partial charge in [-0.25, -0.2) is 0 Å². The zero-order chi connectivity index (χ0) is 6.53. The molecule has 1 N–H and O–H groups in total. The highest BCUT2D eigenvalue weighted by molar-refractivity contribution is 5.10. The van der Waals surface area contributed by atoms with Crippen molar-refractivity contribution in [3.05, 3.63) is 6.92 Å². The van der Waals surface area contributed by atoms with Crippen LogP contribution in [0.5, 0.6) is 0 Å². The smallest absolute Gasteiger partial charge is 0.0927 e. The maximum absolute atomic E-state index is 5.14. The fraction of sp³-hybridized carbons (Fsp3) is 0.571. The molecule has 49 valence electrons. The Morgan fingerprint density at radius 3 is 3.11 bits per heavy atom. The molecule has 9 heavy (non-hydrogen) atoms. The summed E-state index contributed by atoms with van der Waals surface area (Å²) in [6.07, 6.45) is 0. The van der Waals surface area contributed by atoms with E-state index in [-0.39, 0.29) is 6.04 Å². The van der Waals surface area contributed by atoms with E-state index in [1.54, 1.807) is 0 Å². The largest absolute Gasteiger partial charge is 0.377 e. The lowest BCUT2D eigenvalue weighted by Gasteiger charge is -2.18. The van der Waals surface area contributed by atoms with Gasteiger partial charge in [-0.05, 0) is 0 Å². The molecule has 2 nitrogen and oxygen atoms in total. The first-order chi connectivity index (χ1) is 4.43. The van der Waals surface area contributed by atoms with Gasteiger partial charge < -0.3 is 4.74 Å². The molecule has 0 amide bonds. The first-order valence-corrected chi connectivity index (χ1v) is 3.02. The third-order valence-electron chi connectivity index (χ3n) is 1.20. The number of ether oxygens (including phenoxy) is 1. The van der Waals surface area contributed by atoms with Gasteiger partial charge in [0.2, 0.25) is 0 Å². The van der Waals surface area contributed by atoms with E-state index in [0.717, 1.165) is 13.2 Å². The fourth-order valence-electron chi connectivity index (χ4n) is 0.781. The van der Waals surface area contributed by atoms with E-state index in [2.05, 4.69) is 24.1 Å². The van der Waals surface area contributed by atoms with Crippen LogP contribution in [0.3, 0.4) is 0 Å². The average molecular weight is 124 g/mol. The number of hydrogen-bond donors (Lipinski definition) is 1. The first-order valence-electron chi connectivity index (χ1n) is 3.02. The summed E-state index contributed by atoms with van der Waals surface area (Å²) in [6.45, 7) is 5.82. The molecule has 1 saturated heterocycles. The minimum Gasteiger partial charge on any atom is -0.377 e. The number of hydrogen-bond acceptors (Lipinski definition) is 2. The highest BCUT2D eigenvalue weighted by atomic mass is 16.5. The van der Waals surface area contributed by atoms with Crippen molar-refractivity contribution in [3.63, 3.8) is 0 Å². The van der Waals surface area contributed by atoms with E-state index >= 15 is 0 Å². The SMILES string of the molecule is [CH2]C#CC1COCCN1. The Balaban J connectivity index is 2.28. The van der Waals surface area contributed by atoms with Crippen molar-refractivity contribution in [2.45, 2.75) is 6.04 Å². The molecule has 0 aromatic heterocycles. The molecule has 0 aromatic carbocycles. The molecule has 2 heteroatoms. The van der Waals surface area contributed by atoms with Crippen LogP contribution >= 0.6 is 0 Å². The van der Waals surface area contributed by atoms with E-state index < -0.39 is 0 Å². The molecule has 0 spiro atoms. The second kappa shape index (κ2) is 3.49. The van der Waals surface area contributed by atoms with Gasteiger partial charge in [-0.3, -0.25) is 5.32 Å². The van der Waals surface area contributed by atoms with Gasteiger partial charge >= 0.3 is 0 Å². The van der Waals surface area contributed by atoms with Crippen LogP contribution in [0.1, 0.15) is 0 Å². The van der Waals surface area contributed by atoms with Crippen LogP contribution in [-0.4, -0.2) is 25.8 Å². The monoisotopic (exact) mass is 124 g/mol. The maximum atomic E-state index is 5.14. The summed E-state index contributed by atoms with van der Waals surface area (Å²) < 4.78 is 5.14. The molecule has 1 aliphatic rings. The minimum atomic E-state index is 0.205. The Labute approximate surface area is 55.6 Å². The summed E-state index contributed by atoms with van der Waals surface area (Å²) in [4.78, 5) is 0. The molecule has 0 bridgehead atoms. The van der Waals surface area contributed by atoms with E-state index in [1.807, 2.05) is 0 Å². The Bertz CT molecular complexity index is 128. The molecule has 1 fully saturated rings. The van der Waals surface area contributed by atoms with Crippen molar-refractivity contribution in [1.29, 1.82) is 0 Å². The summed E-state index contributed by atoms with van der Waals surface area (Å²) in [7, 11) is 0. The number of rotatable bonds is 0. The third kappa shape index (κ3) is 2.05. The van der Waals surface area contributed by atoms with Crippen LogP contribution in [0.4, 0.5) is 0 Å². The number of morpholine rings is 1. The van der Waals surface area contributed by atoms with E-state index in [9.17, 15) is 0 Å². The van der Waals surface area contributed by atoms with Crippen molar-refractivity contribution < 1.29 is 4.74 Å². The molecule has 1 heterocycles. The Morgan fingerprint density at radius 2 is 2.56 bits per heavy atom. The first kappa shape index (κ1) is 6.60. The van der Waals surface area contributed by atoms with Gasteiger partial charge in [0.15, 0.2) is 0 Å². The lowest BCUT2D eigenvalue weighted by molar-refractivity contribution is 0.0925. The summed E-state index contributed by atoms with van der Waals surface area (Å²) in [5.74, 6) is 5.48. The molecular formula is C7H10NO. The molecule has 1 unspecified atom stereocenters. The van der Waals surface area contributed by atoms with Crippen molar-refractivity contribution >= 4 is 0 Å². The van der Waals surface area contributed by atoms with E-state index in [4.69, 9.17) is 4.74 Å². The van der Waals surface area contributed by atoms with Crippen LogP contribution in [0.25, 0.3) is 0 Å². The zero-order valence-corrected chi connectivity index (χ0v) is 5.31. The minimum absolute atomic E-state index is 0.205. The summed E-state index contributed by atoms with van der Waals surface area (Å²) in [6, 6.07) is 0.205. The van der Waals surface area contributed by atoms with Crippen LogP contribution in [0.2, 0.25) is 0 Å². The molecular weight excluding hydrogens is 114 g/mol. The second-order valence-electron chi connectivity index (χ2n) is 1.90. The summed E-state index contributed by atoms with van der Waals surface area (Å²) >= 11 is 0. The highest BCUT2D eigenvalue weighted by Gasteiger charge is 2.07. The Kier molecular flexibility index (Phi) is 2.56. The molecule has 0 aliphatic carbocycles. The maximum Gasteiger partial charge on any atom is 0.0927 e. The highest BCUT2D eigenvalue weighted by Crippen LogP contribution is 1.89. The predicted octanol–water partition coefficient (Wildman–Crippen LogP) is -0.188. The molecule has 1 radical (unpaired) electrons. The topological polar surface area (TPSA) is 21.3 Å². The quantitative estimate of drug-likeness (QED) is 0.452. The summed E-state index contributed by atoms with van der Waals surface area (Å²) in [5, 5.41) is 3.18. The van der Waals surface area contributed by atoms with Gasteiger partial charge in [0.05, 0.1) is 19.3 Å². The summed E-state index contributed by atoms with van der Waals surface area (Å²) in [5.41, 5.74) is 0.